The quantitative estimate of drug-likeness (QED) is 0.749. The van der Waals surface area contributed by atoms with Gasteiger partial charge in [-0.25, -0.2) is 9.97 Å². The average molecular weight is 181 g/mol. The molecule has 0 unspecified atom stereocenters. The molecule has 13 heavy (non-hydrogen) atoms. The third-order valence-corrected chi connectivity index (χ3v) is 1.97. The van der Waals surface area contributed by atoms with Gasteiger partial charge in [-0.15, -0.1) is 0 Å². The maximum atomic E-state index is 8.84. The van der Waals surface area contributed by atoms with Crippen molar-refractivity contribution in [2.45, 2.75) is 26.5 Å². The van der Waals surface area contributed by atoms with Crippen molar-refractivity contribution < 1.29 is 5.11 Å². The lowest BCUT2D eigenvalue weighted by Crippen LogP contribution is -2.26. The first-order valence-corrected chi connectivity index (χ1v) is 4.30. The van der Waals surface area contributed by atoms with E-state index in [0.717, 1.165) is 5.82 Å². The fourth-order valence-electron chi connectivity index (χ4n) is 0.925. The van der Waals surface area contributed by atoms with Crippen molar-refractivity contribution in [3.63, 3.8) is 0 Å². The van der Waals surface area contributed by atoms with Crippen LogP contribution in [0.25, 0.3) is 0 Å². The van der Waals surface area contributed by atoms with E-state index in [-0.39, 0.29) is 6.61 Å². The van der Waals surface area contributed by atoms with Crippen LogP contribution in [0.5, 0.6) is 0 Å². The zero-order chi connectivity index (χ0) is 9.84. The summed E-state index contributed by atoms with van der Waals surface area (Å²) in [5.74, 6) is 1.30. The maximum Gasteiger partial charge on any atom is 0.156 e. The van der Waals surface area contributed by atoms with Crippen molar-refractivity contribution in [2.24, 2.45) is 0 Å². The molecule has 0 radical (unpaired) electrons. The lowest BCUT2D eigenvalue weighted by Gasteiger charge is -2.22. The minimum Gasteiger partial charge on any atom is -0.388 e. The highest BCUT2D eigenvalue weighted by atomic mass is 16.3. The molecule has 1 aromatic heterocycles. The molecule has 1 heterocycles. The third kappa shape index (κ3) is 2.39. The number of rotatable bonds is 3. The zero-order valence-electron chi connectivity index (χ0n) is 8.23. The Balaban J connectivity index is 2.88. The lowest BCUT2D eigenvalue weighted by molar-refractivity contribution is 0.271. The molecular formula is C9H15N3O. The predicted octanol–water partition coefficient (Wildman–Crippen LogP) is 0.813. The molecule has 0 aliphatic carbocycles. The van der Waals surface area contributed by atoms with Gasteiger partial charge in [0.25, 0.3) is 0 Å². The average Bonchev–Trinajstić information content (AvgIpc) is 2.16. The molecule has 72 valence electrons. The number of anilines is 1. The Morgan fingerprint density at radius 1 is 1.54 bits per heavy atom. The lowest BCUT2D eigenvalue weighted by atomic mass is 10.3. The topological polar surface area (TPSA) is 49.2 Å². The Morgan fingerprint density at radius 3 is 2.77 bits per heavy atom. The molecule has 0 aromatic carbocycles. The Bertz CT molecular complexity index is 275. The number of aliphatic hydroxyl groups is 1. The van der Waals surface area contributed by atoms with Crippen LogP contribution in [0.1, 0.15) is 19.7 Å². The number of aliphatic hydroxyl groups excluding tert-OH is 1. The van der Waals surface area contributed by atoms with Gasteiger partial charge in [0.15, 0.2) is 5.82 Å². The van der Waals surface area contributed by atoms with Crippen LogP contribution in [-0.4, -0.2) is 28.2 Å². The Morgan fingerprint density at radius 2 is 2.23 bits per heavy atom. The van der Waals surface area contributed by atoms with E-state index in [1.54, 1.807) is 6.20 Å². The number of aromatic nitrogens is 2. The molecule has 0 bridgehead atoms. The fraction of sp³-hybridized carbons (Fsp3) is 0.556. The summed E-state index contributed by atoms with van der Waals surface area (Å²) in [5, 5.41) is 8.84. The monoisotopic (exact) mass is 181 g/mol. The van der Waals surface area contributed by atoms with Crippen molar-refractivity contribution in [3.05, 3.63) is 18.1 Å². The van der Waals surface area contributed by atoms with Gasteiger partial charge < -0.3 is 10.0 Å². The van der Waals surface area contributed by atoms with Crippen molar-refractivity contribution in [1.29, 1.82) is 0 Å². The highest BCUT2D eigenvalue weighted by Crippen LogP contribution is 2.10. The fourth-order valence-corrected chi connectivity index (χ4v) is 0.925. The van der Waals surface area contributed by atoms with Crippen molar-refractivity contribution in [2.75, 3.05) is 11.9 Å². The van der Waals surface area contributed by atoms with Crippen LogP contribution in [0.15, 0.2) is 12.3 Å². The predicted molar refractivity (Wildman–Crippen MR) is 51.5 cm³/mol. The van der Waals surface area contributed by atoms with E-state index >= 15 is 0 Å². The normalized spacial score (nSPS) is 10.5. The van der Waals surface area contributed by atoms with Gasteiger partial charge >= 0.3 is 0 Å². The van der Waals surface area contributed by atoms with E-state index in [9.17, 15) is 0 Å². The second-order valence-electron chi connectivity index (χ2n) is 3.19. The van der Waals surface area contributed by atoms with Gasteiger partial charge in [0.2, 0.25) is 0 Å². The SMILES string of the molecule is CC(C)N(C)c1ccnc(CO)n1. The molecule has 0 aliphatic rings. The second-order valence-corrected chi connectivity index (χ2v) is 3.19. The first-order valence-electron chi connectivity index (χ1n) is 4.30. The molecule has 0 atom stereocenters. The molecule has 0 amide bonds. The van der Waals surface area contributed by atoms with E-state index < -0.39 is 0 Å². The van der Waals surface area contributed by atoms with E-state index in [2.05, 4.69) is 23.8 Å². The minimum atomic E-state index is -0.111. The van der Waals surface area contributed by atoms with Crippen LogP contribution >= 0.6 is 0 Å². The van der Waals surface area contributed by atoms with Gasteiger partial charge in [-0.3, -0.25) is 0 Å². The van der Waals surface area contributed by atoms with Gasteiger partial charge in [0, 0.05) is 19.3 Å². The molecule has 0 aliphatic heterocycles. The summed E-state index contributed by atoms with van der Waals surface area (Å²) >= 11 is 0. The van der Waals surface area contributed by atoms with Gasteiger partial charge in [0.1, 0.15) is 12.4 Å². The molecule has 1 N–H and O–H groups in total. The van der Waals surface area contributed by atoms with Crippen LogP contribution in [0, 0.1) is 0 Å². The molecule has 0 fully saturated rings. The van der Waals surface area contributed by atoms with E-state index in [0.29, 0.717) is 11.9 Å². The summed E-state index contributed by atoms with van der Waals surface area (Å²) in [7, 11) is 1.97. The summed E-state index contributed by atoms with van der Waals surface area (Å²) in [6.07, 6.45) is 1.66. The highest BCUT2D eigenvalue weighted by molar-refractivity contribution is 5.36. The van der Waals surface area contributed by atoms with E-state index in [1.165, 1.54) is 0 Å². The molecule has 1 aromatic rings. The molecule has 4 heteroatoms. The van der Waals surface area contributed by atoms with Gasteiger partial charge in [-0.05, 0) is 19.9 Å². The standard InChI is InChI=1S/C9H15N3O/c1-7(2)12(3)9-4-5-10-8(6-13)11-9/h4-5,7,13H,6H2,1-3H3. The largest absolute Gasteiger partial charge is 0.388 e. The Labute approximate surface area is 78.2 Å². The maximum absolute atomic E-state index is 8.84. The number of hydrogen-bond acceptors (Lipinski definition) is 4. The highest BCUT2D eigenvalue weighted by Gasteiger charge is 2.06. The van der Waals surface area contributed by atoms with Crippen LogP contribution in [0.4, 0.5) is 5.82 Å². The first-order chi connectivity index (χ1) is 6.15. The molecular weight excluding hydrogens is 166 g/mol. The van der Waals surface area contributed by atoms with Gasteiger partial charge in [-0.1, -0.05) is 0 Å². The minimum absolute atomic E-state index is 0.111. The van der Waals surface area contributed by atoms with Gasteiger partial charge in [0.05, 0.1) is 0 Å². The van der Waals surface area contributed by atoms with Crippen molar-refractivity contribution in [3.8, 4) is 0 Å². The number of nitrogens with zero attached hydrogens (tertiary/aromatic N) is 3. The third-order valence-electron chi connectivity index (χ3n) is 1.97. The van der Waals surface area contributed by atoms with Crippen molar-refractivity contribution in [1.82, 2.24) is 9.97 Å². The molecule has 4 nitrogen and oxygen atoms in total. The van der Waals surface area contributed by atoms with Crippen LogP contribution < -0.4 is 4.90 Å². The van der Waals surface area contributed by atoms with Crippen LogP contribution in [-0.2, 0) is 6.61 Å². The smallest absolute Gasteiger partial charge is 0.156 e. The Hall–Kier alpha value is -1.16. The Kier molecular flexibility index (Phi) is 3.19. The molecule has 0 spiro atoms. The van der Waals surface area contributed by atoms with E-state index in [1.807, 2.05) is 18.0 Å². The van der Waals surface area contributed by atoms with Crippen LogP contribution in [0.3, 0.4) is 0 Å². The molecule has 0 saturated carbocycles. The zero-order valence-corrected chi connectivity index (χ0v) is 8.23. The van der Waals surface area contributed by atoms with Gasteiger partial charge in [-0.2, -0.15) is 0 Å². The summed E-state index contributed by atoms with van der Waals surface area (Å²) in [6, 6.07) is 2.22. The van der Waals surface area contributed by atoms with E-state index in [4.69, 9.17) is 5.11 Å². The van der Waals surface area contributed by atoms with Crippen molar-refractivity contribution >= 4 is 5.82 Å². The second kappa shape index (κ2) is 4.18. The summed E-state index contributed by atoms with van der Waals surface area (Å²) in [6.45, 7) is 4.06. The summed E-state index contributed by atoms with van der Waals surface area (Å²) < 4.78 is 0. The summed E-state index contributed by atoms with van der Waals surface area (Å²) in [5.41, 5.74) is 0. The molecule has 0 saturated heterocycles. The molecule has 1 rings (SSSR count). The van der Waals surface area contributed by atoms with Crippen LogP contribution in [0.2, 0.25) is 0 Å². The first kappa shape index (κ1) is 9.92. The number of hydrogen-bond donors (Lipinski definition) is 1. The summed E-state index contributed by atoms with van der Waals surface area (Å²) in [4.78, 5) is 10.1.